The minimum absolute atomic E-state index is 0.0201. The van der Waals surface area contributed by atoms with Crippen LogP contribution in [0.1, 0.15) is 11.1 Å². The van der Waals surface area contributed by atoms with Gasteiger partial charge in [-0.2, -0.15) is 0 Å². The number of hydrogen-bond acceptors (Lipinski definition) is 2. The van der Waals surface area contributed by atoms with E-state index in [2.05, 4.69) is 4.98 Å². The van der Waals surface area contributed by atoms with Crippen molar-refractivity contribution in [3.63, 3.8) is 0 Å². The molecule has 2 N–H and O–H groups in total. The van der Waals surface area contributed by atoms with Crippen LogP contribution in [0.4, 0.5) is 0 Å². The number of rotatable bonds is 3. The second kappa shape index (κ2) is 3.89. The summed E-state index contributed by atoms with van der Waals surface area (Å²) in [4.78, 5) is 13.8. The third-order valence-electron chi connectivity index (χ3n) is 2.62. The van der Waals surface area contributed by atoms with E-state index in [0.717, 1.165) is 27.8 Å². The second-order valence-electron chi connectivity index (χ2n) is 3.75. The van der Waals surface area contributed by atoms with E-state index in [1.165, 1.54) is 0 Å². The summed E-state index contributed by atoms with van der Waals surface area (Å²) in [6, 6.07) is 3.83. The minimum Gasteiger partial charge on any atom is -0.496 e. The molecule has 0 aliphatic carbocycles. The maximum atomic E-state index is 10.7. The van der Waals surface area contributed by atoms with Crippen molar-refractivity contribution < 1.29 is 14.6 Å². The first kappa shape index (κ1) is 10.5. The number of fused-ring (bicyclic) bond motifs is 1. The Morgan fingerprint density at radius 2 is 2.25 bits per heavy atom. The first-order valence-corrected chi connectivity index (χ1v) is 4.98. The van der Waals surface area contributed by atoms with Gasteiger partial charge in [0.2, 0.25) is 0 Å². The Hall–Kier alpha value is -1.97. The predicted octanol–water partition coefficient (Wildman–Crippen LogP) is 2.11. The van der Waals surface area contributed by atoms with E-state index >= 15 is 0 Å². The molecule has 4 heteroatoms. The van der Waals surface area contributed by atoms with E-state index in [1.54, 1.807) is 13.3 Å². The van der Waals surface area contributed by atoms with Gasteiger partial charge >= 0.3 is 5.97 Å². The van der Waals surface area contributed by atoms with Crippen molar-refractivity contribution in [2.45, 2.75) is 13.3 Å². The molecular formula is C12H13NO3. The molecule has 0 atom stereocenters. The Bertz CT molecular complexity index is 542. The van der Waals surface area contributed by atoms with Crippen LogP contribution in [0.2, 0.25) is 0 Å². The molecule has 2 aromatic rings. The largest absolute Gasteiger partial charge is 0.496 e. The van der Waals surface area contributed by atoms with Crippen LogP contribution in [0, 0.1) is 6.92 Å². The van der Waals surface area contributed by atoms with Crippen molar-refractivity contribution in [3.8, 4) is 5.75 Å². The van der Waals surface area contributed by atoms with Gasteiger partial charge in [0.25, 0.3) is 0 Å². The minimum atomic E-state index is -0.833. The molecule has 4 nitrogen and oxygen atoms in total. The summed E-state index contributed by atoms with van der Waals surface area (Å²) < 4.78 is 5.22. The molecule has 0 saturated heterocycles. The summed E-state index contributed by atoms with van der Waals surface area (Å²) in [7, 11) is 1.61. The molecule has 1 heterocycles. The van der Waals surface area contributed by atoms with Crippen molar-refractivity contribution in [2.24, 2.45) is 0 Å². The Balaban J connectivity index is 2.57. The zero-order chi connectivity index (χ0) is 11.7. The molecule has 0 aliphatic heterocycles. The summed E-state index contributed by atoms with van der Waals surface area (Å²) in [6.07, 6.45) is 1.75. The molecule has 2 rings (SSSR count). The highest BCUT2D eigenvalue weighted by Gasteiger charge is 2.10. The number of hydrogen-bond donors (Lipinski definition) is 2. The number of aliphatic carboxylic acids is 1. The highest BCUT2D eigenvalue weighted by molar-refractivity contribution is 5.88. The lowest BCUT2D eigenvalue weighted by atomic mass is 10.1. The molecule has 0 fully saturated rings. The van der Waals surface area contributed by atoms with Gasteiger partial charge < -0.3 is 14.8 Å². The predicted molar refractivity (Wildman–Crippen MR) is 60.9 cm³/mol. The molecule has 0 bridgehead atoms. The molecule has 16 heavy (non-hydrogen) atoms. The number of nitrogens with one attached hydrogen (secondary N) is 1. The molecule has 0 radical (unpaired) electrons. The van der Waals surface area contributed by atoms with E-state index in [9.17, 15) is 4.79 Å². The number of methoxy groups -OCH3 is 1. The van der Waals surface area contributed by atoms with E-state index in [0.29, 0.717) is 0 Å². The topological polar surface area (TPSA) is 62.3 Å². The van der Waals surface area contributed by atoms with Gasteiger partial charge in [0.05, 0.1) is 13.5 Å². The summed E-state index contributed by atoms with van der Waals surface area (Å²) in [5.41, 5.74) is 2.74. The van der Waals surface area contributed by atoms with Gasteiger partial charge in [-0.25, -0.2) is 0 Å². The zero-order valence-electron chi connectivity index (χ0n) is 9.20. The standard InChI is InChI=1S/C12H13NO3/c1-7-3-10-9(5-11(7)16-2)8(6-13-10)4-12(14)15/h3,5-6,13H,4H2,1-2H3,(H,14,15). The third-order valence-corrected chi connectivity index (χ3v) is 2.62. The van der Waals surface area contributed by atoms with Gasteiger partial charge in [-0.1, -0.05) is 0 Å². The van der Waals surface area contributed by atoms with Gasteiger partial charge in [-0.3, -0.25) is 4.79 Å². The van der Waals surface area contributed by atoms with Crippen LogP contribution in [0.5, 0.6) is 5.75 Å². The van der Waals surface area contributed by atoms with Crippen molar-refractivity contribution in [1.82, 2.24) is 4.98 Å². The molecule has 1 aromatic heterocycles. The average molecular weight is 219 g/mol. The molecule has 0 aliphatic rings. The zero-order valence-corrected chi connectivity index (χ0v) is 9.20. The van der Waals surface area contributed by atoms with Crippen molar-refractivity contribution in [1.29, 1.82) is 0 Å². The number of carbonyl (C=O) groups is 1. The smallest absolute Gasteiger partial charge is 0.307 e. The number of H-pyrrole nitrogens is 1. The number of aryl methyl sites for hydroxylation is 1. The van der Waals surface area contributed by atoms with Gasteiger partial charge in [0.15, 0.2) is 0 Å². The highest BCUT2D eigenvalue weighted by atomic mass is 16.5. The number of carboxylic acid groups (broad SMARTS) is 1. The Labute approximate surface area is 92.9 Å². The Morgan fingerprint density at radius 1 is 1.50 bits per heavy atom. The summed E-state index contributed by atoms with van der Waals surface area (Å²) in [6.45, 7) is 1.95. The molecule has 84 valence electrons. The van der Waals surface area contributed by atoms with E-state index in [4.69, 9.17) is 9.84 Å². The lowest BCUT2D eigenvalue weighted by Gasteiger charge is -2.04. The monoisotopic (exact) mass is 219 g/mol. The maximum absolute atomic E-state index is 10.7. The maximum Gasteiger partial charge on any atom is 0.307 e. The van der Waals surface area contributed by atoms with Crippen molar-refractivity contribution >= 4 is 16.9 Å². The third kappa shape index (κ3) is 1.74. The lowest BCUT2D eigenvalue weighted by molar-refractivity contribution is -0.136. The van der Waals surface area contributed by atoms with E-state index < -0.39 is 5.97 Å². The van der Waals surface area contributed by atoms with Crippen LogP contribution < -0.4 is 4.74 Å². The van der Waals surface area contributed by atoms with Gasteiger partial charge in [0.1, 0.15) is 5.75 Å². The van der Waals surface area contributed by atoms with Crippen LogP contribution in [0.15, 0.2) is 18.3 Å². The average Bonchev–Trinajstić information content (AvgIpc) is 2.59. The Morgan fingerprint density at radius 3 is 2.88 bits per heavy atom. The Kier molecular flexibility index (Phi) is 2.56. The van der Waals surface area contributed by atoms with Gasteiger partial charge in [-0.15, -0.1) is 0 Å². The fourth-order valence-corrected chi connectivity index (χ4v) is 1.84. The van der Waals surface area contributed by atoms with Crippen LogP contribution in [-0.4, -0.2) is 23.2 Å². The number of ether oxygens (including phenoxy) is 1. The molecule has 1 aromatic carbocycles. The number of aromatic nitrogens is 1. The van der Waals surface area contributed by atoms with Crippen LogP contribution in [0.3, 0.4) is 0 Å². The summed E-state index contributed by atoms with van der Waals surface area (Å²) >= 11 is 0. The SMILES string of the molecule is COc1cc2c(CC(=O)O)c[nH]c2cc1C. The number of aromatic amines is 1. The van der Waals surface area contributed by atoms with Crippen LogP contribution in [-0.2, 0) is 11.2 Å². The number of benzene rings is 1. The van der Waals surface area contributed by atoms with E-state index in [1.807, 2.05) is 19.1 Å². The number of carboxylic acids is 1. The first-order valence-electron chi connectivity index (χ1n) is 4.98. The van der Waals surface area contributed by atoms with Gasteiger partial charge in [-0.05, 0) is 30.2 Å². The first-order chi connectivity index (χ1) is 7.61. The normalized spacial score (nSPS) is 10.6. The fraction of sp³-hybridized carbons (Fsp3) is 0.250. The molecule has 0 unspecified atom stereocenters. The fourth-order valence-electron chi connectivity index (χ4n) is 1.84. The summed E-state index contributed by atoms with van der Waals surface area (Å²) in [5.74, 6) is -0.0563. The molecule has 0 spiro atoms. The molecule has 0 saturated carbocycles. The van der Waals surface area contributed by atoms with Crippen molar-refractivity contribution in [2.75, 3.05) is 7.11 Å². The second-order valence-corrected chi connectivity index (χ2v) is 3.75. The van der Waals surface area contributed by atoms with E-state index in [-0.39, 0.29) is 6.42 Å². The van der Waals surface area contributed by atoms with Crippen molar-refractivity contribution in [3.05, 3.63) is 29.5 Å². The van der Waals surface area contributed by atoms with Crippen LogP contribution >= 0.6 is 0 Å². The highest BCUT2D eigenvalue weighted by Crippen LogP contribution is 2.27. The van der Waals surface area contributed by atoms with Crippen LogP contribution in [0.25, 0.3) is 10.9 Å². The molecular weight excluding hydrogens is 206 g/mol. The quantitative estimate of drug-likeness (QED) is 0.831. The van der Waals surface area contributed by atoms with Gasteiger partial charge in [0, 0.05) is 17.1 Å². The lowest BCUT2D eigenvalue weighted by Crippen LogP contribution is -1.99. The molecule has 0 amide bonds. The summed E-state index contributed by atoms with van der Waals surface area (Å²) in [5, 5.41) is 9.69.